The first-order valence-electron chi connectivity index (χ1n) is 10.7. The van der Waals surface area contributed by atoms with Gasteiger partial charge in [-0.25, -0.2) is 14.2 Å². The Balaban J connectivity index is 1.76. The van der Waals surface area contributed by atoms with E-state index in [1.54, 1.807) is 54.8 Å². The molecule has 0 N–H and O–H groups in total. The number of benzene rings is 1. The second kappa shape index (κ2) is 8.48. The fraction of sp³-hybridized carbons (Fsp3) is 0.500. The summed E-state index contributed by atoms with van der Waals surface area (Å²) in [6.07, 6.45) is -0.975. The largest absolute Gasteiger partial charge is 0.444 e. The zero-order chi connectivity index (χ0) is 23.8. The minimum atomic E-state index is -0.679. The molecular formula is C24H31N3O5. The van der Waals surface area contributed by atoms with E-state index in [4.69, 9.17) is 16.4 Å². The number of rotatable bonds is 1. The Morgan fingerprint density at radius 1 is 0.812 bits per heavy atom. The lowest BCUT2D eigenvalue weighted by atomic mass is 10.1. The fourth-order valence-electron chi connectivity index (χ4n) is 3.47. The molecule has 0 atom stereocenters. The maximum atomic E-state index is 13.1. The highest BCUT2D eigenvalue weighted by Gasteiger charge is 2.28. The zero-order valence-electron chi connectivity index (χ0n) is 19.6. The van der Waals surface area contributed by atoms with Gasteiger partial charge >= 0.3 is 12.2 Å². The Hall–Kier alpha value is -3.03. The van der Waals surface area contributed by atoms with Crippen molar-refractivity contribution in [3.05, 3.63) is 42.4 Å². The normalized spacial score (nSPS) is 15.1. The van der Waals surface area contributed by atoms with Gasteiger partial charge in [0.2, 0.25) is 0 Å². The van der Waals surface area contributed by atoms with E-state index in [1.807, 2.05) is 20.8 Å². The number of fused-ring (bicyclic) bond motifs is 1. The summed E-state index contributed by atoms with van der Waals surface area (Å²) in [5.74, 6) is -0.175. The van der Waals surface area contributed by atoms with Gasteiger partial charge in [0.15, 0.2) is 0 Å². The van der Waals surface area contributed by atoms with Gasteiger partial charge in [-0.05, 0) is 59.7 Å². The Morgan fingerprint density at radius 2 is 1.34 bits per heavy atom. The molecule has 8 heteroatoms. The molecule has 32 heavy (non-hydrogen) atoms. The summed E-state index contributed by atoms with van der Waals surface area (Å²) < 4.78 is 12.1. The topological polar surface area (TPSA) is 81.1 Å². The molecule has 172 valence electrons. The molecule has 0 unspecified atom stereocenters. The first kappa shape index (κ1) is 23.6. The highest BCUT2D eigenvalue weighted by Crippen LogP contribution is 2.24. The van der Waals surface area contributed by atoms with E-state index in [0.29, 0.717) is 37.3 Å². The van der Waals surface area contributed by atoms with E-state index < -0.39 is 17.3 Å². The van der Waals surface area contributed by atoms with Crippen LogP contribution in [0.4, 0.5) is 9.59 Å². The smallest absolute Gasteiger partial charge is 0.419 e. The van der Waals surface area contributed by atoms with Crippen LogP contribution < -0.4 is 0 Å². The molecule has 2 aromatic rings. The summed E-state index contributed by atoms with van der Waals surface area (Å²) in [4.78, 5) is 41.3. The standard InChI is InChI=1S/C24H31N3O5/c1-16-14-17-8-9-18(15-19(17)27(16)22(30)32-24(5,6)7)20(28)25-10-12-26(13-11-25)21(29)31-23(2,3)4/h1,8-9,14-15H,10-13H2,2-7H3. The summed E-state index contributed by atoms with van der Waals surface area (Å²) in [6, 6.07) is 6.80. The third-order valence-corrected chi connectivity index (χ3v) is 4.87. The van der Waals surface area contributed by atoms with Gasteiger partial charge in [0.1, 0.15) is 11.2 Å². The molecule has 1 aromatic heterocycles. The van der Waals surface area contributed by atoms with Gasteiger partial charge < -0.3 is 19.3 Å². The van der Waals surface area contributed by atoms with E-state index in [2.05, 4.69) is 0 Å². The lowest BCUT2D eigenvalue weighted by Crippen LogP contribution is -2.51. The predicted molar refractivity (Wildman–Crippen MR) is 121 cm³/mol. The van der Waals surface area contributed by atoms with Gasteiger partial charge in [0.25, 0.3) is 5.91 Å². The summed E-state index contributed by atoms with van der Waals surface area (Å²) in [5, 5.41) is 0.736. The SMILES string of the molecule is [CH]c1cc2ccc(C(=O)N3CCN(C(=O)OC(C)(C)C)CC3)cc2n1C(=O)OC(C)(C)C. The highest BCUT2D eigenvalue weighted by molar-refractivity contribution is 6.00. The lowest BCUT2D eigenvalue weighted by Gasteiger charge is -2.35. The first-order chi connectivity index (χ1) is 14.7. The van der Waals surface area contributed by atoms with Crippen LogP contribution in [0, 0.1) is 6.92 Å². The highest BCUT2D eigenvalue weighted by atomic mass is 16.6. The second-order valence-corrected chi connectivity index (χ2v) is 9.92. The number of carbonyl (C=O) groups is 3. The van der Waals surface area contributed by atoms with E-state index >= 15 is 0 Å². The minimum Gasteiger partial charge on any atom is -0.444 e. The summed E-state index contributed by atoms with van der Waals surface area (Å²) in [5.41, 5.74) is -0.0583. The molecule has 1 fully saturated rings. The Kier molecular flexibility index (Phi) is 6.26. The lowest BCUT2D eigenvalue weighted by molar-refractivity contribution is 0.0141. The van der Waals surface area contributed by atoms with Gasteiger partial charge in [-0.15, -0.1) is 0 Å². The third kappa shape index (κ3) is 5.41. The number of hydrogen-bond donors (Lipinski definition) is 0. The molecule has 8 nitrogen and oxygen atoms in total. The number of ether oxygens (including phenoxy) is 2. The first-order valence-corrected chi connectivity index (χ1v) is 10.7. The van der Waals surface area contributed by atoms with Crippen molar-refractivity contribution in [1.82, 2.24) is 14.4 Å². The van der Waals surface area contributed by atoms with Gasteiger partial charge in [-0.2, -0.15) is 0 Å². The molecule has 3 rings (SSSR count). The molecule has 0 saturated carbocycles. The molecule has 0 spiro atoms. The van der Waals surface area contributed by atoms with Crippen LogP contribution in [0.1, 0.15) is 57.6 Å². The van der Waals surface area contributed by atoms with Crippen LogP contribution in [-0.4, -0.2) is 69.8 Å². The van der Waals surface area contributed by atoms with Crippen molar-refractivity contribution in [1.29, 1.82) is 0 Å². The summed E-state index contributed by atoms with van der Waals surface area (Å²) >= 11 is 0. The molecule has 1 saturated heterocycles. The van der Waals surface area contributed by atoms with Crippen molar-refractivity contribution >= 4 is 29.0 Å². The van der Waals surface area contributed by atoms with Gasteiger partial charge in [0, 0.05) is 49.7 Å². The number of nitrogens with zero attached hydrogens (tertiary/aromatic N) is 3. The number of piperazine rings is 1. The number of amides is 2. The van der Waals surface area contributed by atoms with Crippen molar-refractivity contribution in [2.45, 2.75) is 52.7 Å². The number of aromatic nitrogens is 1. The van der Waals surface area contributed by atoms with Crippen LogP contribution >= 0.6 is 0 Å². The van der Waals surface area contributed by atoms with Crippen LogP contribution in [0.2, 0.25) is 0 Å². The van der Waals surface area contributed by atoms with Crippen LogP contribution in [0.5, 0.6) is 0 Å². The monoisotopic (exact) mass is 441 g/mol. The Bertz CT molecular complexity index is 1030. The predicted octanol–water partition coefficient (Wildman–Crippen LogP) is 4.18. The van der Waals surface area contributed by atoms with Gasteiger partial charge in [-0.1, -0.05) is 6.07 Å². The fourth-order valence-corrected chi connectivity index (χ4v) is 3.47. The molecule has 2 amide bonds. The van der Waals surface area contributed by atoms with Crippen molar-refractivity contribution < 1.29 is 23.9 Å². The van der Waals surface area contributed by atoms with Crippen LogP contribution in [0.15, 0.2) is 24.3 Å². The van der Waals surface area contributed by atoms with Crippen molar-refractivity contribution in [3.63, 3.8) is 0 Å². The average Bonchev–Trinajstić information content (AvgIpc) is 2.99. The van der Waals surface area contributed by atoms with Crippen LogP contribution in [0.25, 0.3) is 10.9 Å². The zero-order valence-corrected chi connectivity index (χ0v) is 19.6. The number of carbonyl (C=O) groups excluding carboxylic acids is 3. The maximum Gasteiger partial charge on any atom is 0.419 e. The molecular weight excluding hydrogens is 410 g/mol. The third-order valence-electron chi connectivity index (χ3n) is 4.87. The molecule has 2 radical (unpaired) electrons. The van der Waals surface area contributed by atoms with Crippen molar-refractivity contribution in [3.8, 4) is 0 Å². The van der Waals surface area contributed by atoms with Crippen LogP contribution in [-0.2, 0) is 9.47 Å². The molecule has 1 aliphatic rings. The van der Waals surface area contributed by atoms with Crippen molar-refractivity contribution in [2.24, 2.45) is 0 Å². The minimum absolute atomic E-state index is 0.175. The van der Waals surface area contributed by atoms with Crippen LogP contribution in [0.3, 0.4) is 0 Å². The summed E-state index contributed by atoms with van der Waals surface area (Å²) in [6.45, 7) is 18.4. The summed E-state index contributed by atoms with van der Waals surface area (Å²) in [7, 11) is 0. The Morgan fingerprint density at radius 3 is 1.91 bits per heavy atom. The number of hydrogen-bond acceptors (Lipinski definition) is 5. The average molecular weight is 442 g/mol. The van der Waals surface area contributed by atoms with E-state index in [0.717, 1.165) is 5.39 Å². The molecule has 0 bridgehead atoms. The Labute approximate surface area is 189 Å². The van der Waals surface area contributed by atoms with Crippen molar-refractivity contribution in [2.75, 3.05) is 26.2 Å². The van der Waals surface area contributed by atoms with Gasteiger partial charge in [0.05, 0.1) is 5.52 Å². The molecule has 1 aliphatic heterocycles. The molecule has 2 heterocycles. The van der Waals surface area contributed by atoms with E-state index in [-0.39, 0.29) is 17.7 Å². The maximum absolute atomic E-state index is 13.1. The molecule has 0 aliphatic carbocycles. The van der Waals surface area contributed by atoms with Gasteiger partial charge in [-0.3, -0.25) is 4.79 Å². The quantitative estimate of drug-likeness (QED) is 0.663. The second-order valence-electron chi connectivity index (χ2n) is 9.92. The molecule has 1 aromatic carbocycles. The van der Waals surface area contributed by atoms with E-state index in [1.165, 1.54) is 4.57 Å². The van der Waals surface area contributed by atoms with E-state index in [9.17, 15) is 14.4 Å².